The van der Waals surface area contributed by atoms with Crippen molar-refractivity contribution in [3.63, 3.8) is 0 Å². The molecule has 0 spiro atoms. The van der Waals surface area contributed by atoms with Crippen LogP contribution in [0, 0.1) is 0 Å². The number of rotatable bonds is 4. The molecule has 164 valence electrons. The van der Waals surface area contributed by atoms with Crippen LogP contribution in [0.4, 0.5) is 13.2 Å². The minimum Gasteiger partial charge on any atom is -0.495 e. The molecule has 30 heavy (non-hydrogen) atoms. The van der Waals surface area contributed by atoms with Gasteiger partial charge in [-0.1, -0.05) is 0 Å². The van der Waals surface area contributed by atoms with Crippen molar-refractivity contribution in [3.05, 3.63) is 47.7 Å². The Bertz CT molecular complexity index is 879. The lowest BCUT2D eigenvalue weighted by molar-refractivity contribution is -0.0298. The zero-order valence-electron chi connectivity index (χ0n) is 15.8. The van der Waals surface area contributed by atoms with Crippen molar-refractivity contribution in [2.24, 2.45) is 16.5 Å². The van der Waals surface area contributed by atoms with Crippen molar-refractivity contribution >= 4 is 23.4 Å². The first-order chi connectivity index (χ1) is 14.1. The van der Waals surface area contributed by atoms with Crippen molar-refractivity contribution in [1.82, 2.24) is 4.98 Å². The average Bonchev–Trinajstić information content (AvgIpc) is 2.71. The van der Waals surface area contributed by atoms with E-state index in [4.69, 9.17) is 37.6 Å². The lowest BCUT2D eigenvalue weighted by Crippen LogP contribution is -2.61. The number of aliphatic imine (C=N–C) groups is 1. The number of amidine groups is 1. The molecule has 3 rings (SSSR count). The normalized spacial score (nSPS) is 26.0. The van der Waals surface area contributed by atoms with Gasteiger partial charge in [0.25, 0.3) is 6.43 Å². The number of pyridine rings is 1. The standard InChI is InChI=1S/C11H13ClF3N3O.C7H7NO3/c12-10(3-6(16)1-2-7(10)13)11(9(14)15)5-19-4-8(17)18-11;1-11-5-2-3-6(7(9)10)8-4-5/h1-2,9H,3-5,16H2,(H2,17,18);2-4H,1H3,(H,9,10)/t10?,11-;/m1./s1. The maximum atomic E-state index is 14.1. The molecule has 0 amide bonds. The van der Waals surface area contributed by atoms with E-state index in [2.05, 4.69) is 9.98 Å². The van der Waals surface area contributed by atoms with E-state index in [0.717, 1.165) is 6.08 Å². The second kappa shape index (κ2) is 9.35. The van der Waals surface area contributed by atoms with E-state index in [1.54, 1.807) is 6.07 Å². The van der Waals surface area contributed by atoms with Crippen LogP contribution < -0.4 is 16.2 Å². The molecule has 2 heterocycles. The molecule has 0 saturated heterocycles. The van der Waals surface area contributed by atoms with Gasteiger partial charge < -0.3 is 26.0 Å². The van der Waals surface area contributed by atoms with Gasteiger partial charge in [0.05, 0.1) is 19.9 Å². The van der Waals surface area contributed by atoms with Crippen molar-refractivity contribution in [1.29, 1.82) is 0 Å². The zero-order valence-corrected chi connectivity index (χ0v) is 16.6. The molecular formula is C18H20ClF3N4O4. The van der Waals surface area contributed by atoms with E-state index < -0.39 is 35.2 Å². The highest BCUT2D eigenvalue weighted by Gasteiger charge is 2.61. The summed E-state index contributed by atoms with van der Waals surface area (Å²) in [5, 5.41) is 8.45. The quantitative estimate of drug-likeness (QED) is 0.601. The van der Waals surface area contributed by atoms with E-state index >= 15 is 0 Å². The summed E-state index contributed by atoms with van der Waals surface area (Å²) in [6.45, 7) is -0.610. The Hall–Kier alpha value is -2.79. The summed E-state index contributed by atoms with van der Waals surface area (Å²) in [4.78, 5) is 15.5. The largest absolute Gasteiger partial charge is 0.495 e. The molecule has 2 atom stereocenters. The van der Waals surface area contributed by atoms with Gasteiger partial charge in [0.1, 0.15) is 34.6 Å². The number of nitrogens with two attached hydrogens (primary N) is 2. The number of carbonyl (C=O) groups is 1. The molecule has 0 aromatic carbocycles. The first-order valence-electron chi connectivity index (χ1n) is 8.50. The highest BCUT2D eigenvalue weighted by molar-refractivity contribution is 6.27. The SMILES string of the molecule is COc1ccc(C(=O)O)nc1.NC1=CC=C(F)C(Cl)([C@]2(C(F)F)COCC(N)=N2)C1. The summed E-state index contributed by atoms with van der Waals surface area (Å²) < 4.78 is 50.8. The third-order valence-electron chi connectivity index (χ3n) is 4.42. The van der Waals surface area contributed by atoms with Gasteiger partial charge in [-0.3, -0.25) is 4.99 Å². The number of aromatic nitrogens is 1. The van der Waals surface area contributed by atoms with Crippen molar-refractivity contribution in [2.75, 3.05) is 20.3 Å². The molecule has 1 aromatic rings. The summed E-state index contributed by atoms with van der Waals surface area (Å²) in [7, 11) is 1.50. The molecule has 0 saturated carbocycles. The Morgan fingerprint density at radius 2 is 2.07 bits per heavy atom. The van der Waals surface area contributed by atoms with E-state index in [-0.39, 0.29) is 30.3 Å². The number of hydrogen-bond donors (Lipinski definition) is 3. The monoisotopic (exact) mass is 448 g/mol. The molecule has 12 heteroatoms. The Labute approximate surface area is 175 Å². The molecule has 5 N–H and O–H groups in total. The van der Waals surface area contributed by atoms with Crippen LogP contribution in [0.1, 0.15) is 16.9 Å². The number of halogens is 4. The molecule has 1 aliphatic heterocycles. The van der Waals surface area contributed by atoms with Crippen LogP contribution in [0.2, 0.25) is 0 Å². The predicted molar refractivity (Wildman–Crippen MR) is 104 cm³/mol. The summed E-state index contributed by atoms with van der Waals surface area (Å²) in [5.74, 6) is -1.55. The molecule has 8 nitrogen and oxygen atoms in total. The molecular weight excluding hydrogens is 429 g/mol. The molecule has 1 unspecified atom stereocenters. The lowest BCUT2D eigenvalue weighted by Gasteiger charge is -2.45. The molecule has 1 aliphatic carbocycles. The van der Waals surface area contributed by atoms with Crippen LogP contribution in [0.15, 0.2) is 47.0 Å². The van der Waals surface area contributed by atoms with Crippen molar-refractivity contribution in [3.8, 4) is 5.75 Å². The number of aromatic carboxylic acids is 1. The maximum absolute atomic E-state index is 14.1. The number of allylic oxidation sites excluding steroid dienone is 3. The Balaban J connectivity index is 0.000000248. The van der Waals surface area contributed by atoms with E-state index in [0.29, 0.717) is 5.75 Å². The second-order valence-electron chi connectivity index (χ2n) is 6.44. The van der Waals surface area contributed by atoms with Crippen LogP contribution in [0.3, 0.4) is 0 Å². The fourth-order valence-corrected chi connectivity index (χ4v) is 3.24. The van der Waals surface area contributed by atoms with Gasteiger partial charge in [0.2, 0.25) is 0 Å². The average molecular weight is 449 g/mol. The number of methoxy groups -OCH3 is 1. The zero-order chi connectivity index (χ0) is 22.5. The van der Waals surface area contributed by atoms with Crippen LogP contribution in [0.5, 0.6) is 5.75 Å². The van der Waals surface area contributed by atoms with Crippen LogP contribution in [-0.2, 0) is 4.74 Å². The van der Waals surface area contributed by atoms with Crippen LogP contribution >= 0.6 is 11.6 Å². The number of hydrogen-bond acceptors (Lipinski definition) is 7. The number of ether oxygens (including phenoxy) is 2. The number of alkyl halides is 3. The first-order valence-corrected chi connectivity index (χ1v) is 8.88. The highest BCUT2D eigenvalue weighted by atomic mass is 35.5. The maximum Gasteiger partial charge on any atom is 0.354 e. The number of carboxylic acid groups (broad SMARTS) is 1. The van der Waals surface area contributed by atoms with Gasteiger partial charge in [-0.2, -0.15) is 0 Å². The molecule has 0 radical (unpaired) electrons. The third-order valence-corrected chi connectivity index (χ3v) is 5.06. The number of carboxylic acids is 1. The number of nitrogens with zero attached hydrogens (tertiary/aromatic N) is 2. The third kappa shape index (κ3) is 4.68. The summed E-state index contributed by atoms with van der Waals surface area (Å²) in [6, 6.07) is 2.94. The Morgan fingerprint density at radius 1 is 1.37 bits per heavy atom. The van der Waals surface area contributed by atoms with Crippen LogP contribution in [-0.4, -0.2) is 59.1 Å². The molecule has 0 fully saturated rings. The minimum atomic E-state index is -3.05. The van der Waals surface area contributed by atoms with Crippen molar-refractivity contribution < 1.29 is 32.5 Å². The molecule has 0 bridgehead atoms. The fourth-order valence-electron chi connectivity index (χ4n) is 2.84. The van der Waals surface area contributed by atoms with E-state index in [1.807, 2.05) is 0 Å². The summed E-state index contributed by atoms with van der Waals surface area (Å²) in [5.41, 5.74) is 8.94. The summed E-state index contributed by atoms with van der Waals surface area (Å²) in [6.07, 6.45) is 0.279. The molecule has 1 aromatic heterocycles. The summed E-state index contributed by atoms with van der Waals surface area (Å²) >= 11 is 6.13. The van der Waals surface area contributed by atoms with Gasteiger partial charge in [0.15, 0.2) is 5.54 Å². The molecule has 2 aliphatic rings. The van der Waals surface area contributed by atoms with Gasteiger partial charge in [-0.05, 0) is 24.3 Å². The van der Waals surface area contributed by atoms with E-state index in [1.165, 1.54) is 25.4 Å². The highest BCUT2D eigenvalue weighted by Crippen LogP contribution is 2.49. The first kappa shape index (κ1) is 23.5. The van der Waals surface area contributed by atoms with Gasteiger partial charge in [0, 0.05) is 12.1 Å². The Morgan fingerprint density at radius 3 is 2.57 bits per heavy atom. The van der Waals surface area contributed by atoms with E-state index in [9.17, 15) is 18.0 Å². The van der Waals surface area contributed by atoms with Gasteiger partial charge in [-0.25, -0.2) is 22.9 Å². The van der Waals surface area contributed by atoms with Crippen LogP contribution in [0.25, 0.3) is 0 Å². The van der Waals surface area contributed by atoms with Crippen molar-refractivity contribution in [2.45, 2.75) is 23.3 Å². The topological polar surface area (TPSA) is 133 Å². The minimum absolute atomic E-state index is 0.0193. The van der Waals surface area contributed by atoms with Gasteiger partial charge in [-0.15, -0.1) is 11.6 Å². The van der Waals surface area contributed by atoms with Gasteiger partial charge >= 0.3 is 5.97 Å². The second-order valence-corrected chi connectivity index (χ2v) is 7.09. The lowest BCUT2D eigenvalue weighted by atomic mass is 9.77. The fraction of sp³-hybridized carbons (Fsp3) is 0.389. The Kier molecular flexibility index (Phi) is 7.32. The smallest absolute Gasteiger partial charge is 0.354 e. The predicted octanol–water partition coefficient (Wildman–Crippen LogP) is 2.24.